The molecule has 0 radical (unpaired) electrons. The Morgan fingerprint density at radius 2 is 1.76 bits per heavy atom. The average molecular weight is 292 g/mol. The summed E-state index contributed by atoms with van der Waals surface area (Å²) in [6.07, 6.45) is 2.38. The lowest BCUT2D eigenvalue weighted by molar-refractivity contribution is 0.106. The highest BCUT2D eigenvalue weighted by atomic mass is 16.5. The van der Waals surface area contributed by atoms with Gasteiger partial charge in [-0.3, -0.25) is 4.90 Å². The second kappa shape index (κ2) is 10.8. The van der Waals surface area contributed by atoms with Crippen LogP contribution in [0.25, 0.3) is 0 Å². The quantitative estimate of drug-likeness (QED) is 0.676. The van der Waals surface area contributed by atoms with Gasteiger partial charge >= 0.3 is 0 Å². The molecule has 1 aromatic rings. The van der Waals surface area contributed by atoms with Gasteiger partial charge in [-0.25, -0.2) is 0 Å². The summed E-state index contributed by atoms with van der Waals surface area (Å²) < 4.78 is 5.30. The van der Waals surface area contributed by atoms with Crippen molar-refractivity contribution < 1.29 is 4.74 Å². The second-order valence-corrected chi connectivity index (χ2v) is 5.48. The van der Waals surface area contributed by atoms with Crippen LogP contribution in [0.2, 0.25) is 0 Å². The van der Waals surface area contributed by atoms with Gasteiger partial charge in [-0.05, 0) is 24.9 Å². The average Bonchev–Trinajstić information content (AvgIpc) is 2.53. The number of benzene rings is 1. The van der Waals surface area contributed by atoms with Crippen LogP contribution >= 0.6 is 0 Å². The third-order valence-electron chi connectivity index (χ3n) is 4.11. The first-order valence-corrected chi connectivity index (χ1v) is 8.28. The SMILES string of the molecule is CCNC(CN(CCOC)C(CC)CC)c1ccccc1. The number of ether oxygens (including phenoxy) is 1. The molecule has 120 valence electrons. The Morgan fingerprint density at radius 3 is 2.29 bits per heavy atom. The van der Waals surface area contributed by atoms with E-state index in [1.807, 2.05) is 0 Å². The van der Waals surface area contributed by atoms with Crippen LogP contribution in [0.5, 0.6) is 0 Å². The van der Waals surface area contributed by atoms with E-state index in [2.05, 4.69) is 61.3 Å². The fourth-order valence-electron chi connectivity index (χ4n) is 2.89. The first-order chi connectivity index (χ1) is 10.3. The Hall–Kier alpha value is -0.900. The lowest BCUT2D eigenvalue weighted by Crippen LogP contribution is -2.42. The van der Waals surface area contributed by atoms with Crippen LogP contribution in [-0.4, -0.2) is 44.3 Å². The zero-order valence-corrected chi connectivity index (χ0v) is 14.1. The Kier molecular flexibility index (Phi) is 9.31. The molecule has 0 aliphatic carbocycles. The van der Waals surface area contributed by atoms with Gasteiger partial charge < -0.3 is 10.1 Å². The molecule has 1 atom stereocenters. The Balaban J connectivity index is 2.80. The minimum Gasteiger partial charge on any atom is -0.383 e. The minimum absolute atomic E-state index is 0.383. The largest absolute Gasteiger partial charge is 0.383 e. The molecule has 0 aliphatic heterocycles. The predicted octanol–water partition coefficient (Wildman–Crippen LogP) is 3.47. The van der Waals surface area contributed by atoms with Gasteiger partial charge in [0.1, 0.15) is 0 Å². The van der Waals surface area contributed by atoms with Crippen molar-refractivity contribution in [3.05, 3.63) is 35.9 Å². The maximum absolute atomic E-state index is 5.30. The Bertz CT molecular complexity index is 351. The maximum atomic E-state index is 5.30. The summed E-state index contributed by atoms with van der Waals surface area (Å²) in [5, 5.41) is 3.63. The molecule has 0 saturated heterocycles. The van der Waals surface area contributed by atoms with E-state index in [1.165, 1.54) is 18.4 Å². The molecule has 1 N–H and O–H groups in total. The minimum atomic E-state index is 0.383. The molecule has 0 heterocycles. The summed E-state index contributed by atoms with van der Waals surface area (Å²) in [6.45, 7) is 10.5. The molecule has 0 amide bonds. The lowest BCUT2D eigenvalue weighted by Gasteiger charge is -2.34. The van der Waals surface area contributed by atoms with Crippen molar-refractivity contribution in [2.24, 2.45) is 0 Å². The van der Waals surface area contributed by atoms with Crippen molar-refractivity contribution in [1.82, 2.24) is 10.2 Å². The molecule has 0 saturated carbocycles. The van der Waals surface area contributed by atoms with Crippen molar-refractivity contribution in [2.45, 2.75) is 45.7 Å². The molecular weight excluding hydrogens is 260 g/mol. The van der Waals surface area contributed by atoms with E-state index in [0.717, 1.165) is 26.2 Å². The summed E-state index contributed by atoms with van der Waals surface area (Å²) in [4.78, 5) is 2.57. The van der Waals surface area contributed by atoms with E-state index in [9.17, 15) is 0 Å². The fraction of sp³-hybridized carbons (Fsp3) is 0.667. The molecule has 0 aromatic heterocycles. The van der Waals surface area contributed by atoms with Crippen LogP contribution in [0.15, 0.2) is 30.3 Å². The number of methoxy groups -OCH3 is 1. The van der Waals surface area contributed by atoms with Crippen LogP contribution in [0.3, 0.4) is 0 Å². The van der Waals surface area contributed by atoms with Gasteiger partial charge in [0, 0.05) is 32.3 Å². The summed E-state index contributed by atoms with van der Waals surface area (Å²) in [5.41, 5.74) is 1.37. The standard InChI is InChI=1S/C18H32N2O/c1-5-17(6-2)20(13-14-21-4)15-18(19-7-3)16-11-9-8-10-12-16/h8-12,17-19H,5-7,13-15H2,1-4H3. The highest BCUT2D eigenvalue weighted by Gasteiger charge is 2.20. The molecular formula is C18H32N2O. The number of rotatable bonds is 11. The van der Waals surface area contributed by atoms with Gasteiger partial charge in [-0.2, -0.15) is 0 Å². The van der Waals surface area contributed by atoms with Gasteiger partial charge in [0.2, 0.25) is 0 Å². The number of hydrogen-bond donors (Lipinski definition) is 1. The maximum Gasteiger partial charge on any atom is 0.0589 e. The van der Waals surface area contributed by atoms with Gasteiger partial charge in [-0.1, -0.05) is 51.1 Å². The summed E-state index contributed by atoms with van der Waals surface area (Å²) in [6, 6.07) is 11.8. The molecule has 3 nitrogen and oxygen atoms in total. The molecule has 1 unspecified atom stereocenters. The van der Waals surface area contributed by atoms with E-state index in [1.54, 1.807) is 7.11 Å². The molecule has 1 aromatic carbocycles. The number of likely N-dealkylation sites (N-methyl/N-ethyl adjacent to an activating group) is 1. The van der Waals surface area contributed by atoms with Crippen LogP contribution < -0.4 is 5.32 Å². The molecule has 0 fully saturated rings. The smallest absolute Gasteiger partial charge is 0.0589 e. The van der Waals surface area contributed by atoms with Crippen molar-refractivity contribution >= 4 is 0 Å². The molecule has 0 aliphatic rings. The number of nitrogens with one attached hydrogen (secondary N) is 1. The van der Waals surface area contributed by atoms with Gasteiger partial charge in [-0.15, -0.1) is 0 Å². The number of nitrogens with zero attached hydrogens (tertiary/aromatic N) is 1. The van der Waals surface area contributed by atoms with Crippen LogP contribution in [0, 0.1) is 0 Å². The Labute approximate surface area is 130 Å². The first kappa shape index (κ1) is 18.1. The van der Waals surface area contributed by atoms with Crippen LogP contribution in [0.4, 0.5) is 0 Å². The molecule has 3 heteroatoms. The monoisotopic (exact) mass is 292 g/mol. The third kappa shape index (κ3) is 6.16. The molecule has 0 spiro atoms. The summed E-state index contributed by atoms with van der Waals surface area (Å²) in [5.74, 6) is 0. The lowest BCUT2D eigenvalue weighted by atomic mass is 10.0. The summed E-state index contributed by atoms with van der Waals surface area (Å²) >= 11 is 0. The van der Waals surface area contributed by atoms with E-state index < -0.39 is 0 Å². The zero-order valence-electron chi connectivity index (χ0n) is 14.1. The van der Waals surface area contributed by atoms with Crippen molar-refractivity contribution in [3.8, 4) is 0 Å². The van der Waals surface area contributed by atoms with Crippen molar-refractivity contribution in [1.29, 1.82) is 0 Å². The molecule has 21 heavy (non-hydrogen) atoms. The van der Waals surface area contributed by atoms with Gasteiger partial charge in [0.15, 0.2) is 0 Å². The highest BCUT2D eigenvalue weighted by molar-refractivity contribution is 5.19. The normalized spacial score (nSPS) is 13.0. The molecule has 0 bridgehead atoms. The van der Waals surface area contributed by atoms with Crippen molar-refractivity contribution in [2.75, 3.05) is 33.4 Å². The molecule has 1 rings (SSSR count). The van der Waals surface area contributed by atoms with Crippen LogP contribution in [0.1, 0.15) is 45.2 Å². The van der Waals surface area contributed by atoms with Gasteiger partial charge in [0.25, 0.3) is 0 Å². The summed E-state index contributed by atoms with van der Waals surface area (Å²) in [7, 11) is 1.78. The fourth-order valence-corrected chi connectivity index (χ4v) is 2.89. The van der Waals surface area contributed by atoms with E-state index in [-0.39, 0.29) is 0 Å². The zero-order chi connectivity index (χ0) is 15.5. The Morgan fingerprint density at radius 1 is 1.10 bits per heavy atom. The first-order valence-electron chi connectivity index (χ1n) is 8.28. The topological polar surface area (TPSA) is 24.5 Å². The van der Waals surface area contributed by atoms with E-state index >= 15 is 0 Å². The van der Waals surface area contributed by atoms with Gasteiger partial charge in [0.05, 0.1) is 6.61 Å². The van der Waals surface area contributed by atoms with E-state index in [0.29, 0.717) is 12.1 Å². The number of hydrogen-bond acceptors (Lipinski definition) is 3. The second-order valence-electron chi connectivity index (χ2n) is 5.48. The predicted molar refractivity (Wildman–Crippen MR) is 90.7 cm³/mol. The highest BCUT2D eigenvalue weighted by Crippen LogP contribution is 2.18. The third-order valence-corrected chi connectivity index (χ3v) is 4.11. The van der Waals surface area contributed by atoms with E-state index in [4.69, 9.17) is 4.74 Å². The van der Waals surface area contributed by atoms with Crippen molar-refractivity contribution in [3.63, 3.8) is 0 Å². The van der Waals surface area contributed by atoms with Crippen LogP contribution in [-0.2, 0) is 4.74 Å².